The lowest BCUT2D eigenvalue weighted by Crippen LogP contribution is -2.36. The Morgan fingerprint density at radius 3 is 2.42 bits per heavy atom. The number of benzene rings is 2. The van der Waals surface area contributed by atoms with Gasteiger partial charge >= 0.3 is 0 Å². The average Bonchev–Trinajstić information content (AvgIpc) is 2.72. The monoisotopic (exact) mass is 355 g/mol. The van der Waals surface area contributed by atoms with Gasteiger partial charge in [0.2, 0.25) is 0 Å². The van der Waals surface area contributed by atoms with Crippen molar-refractivity contribution in [3.63, 3.8) is 0 Å². The highest BCUT2D eigenvalue weighted by atomic mass is 16.5. The summed E-state index contributed by atoms with van der Waals surface area (Å²) in [5.41, 5.74) is 3.54. The maximum atomic E-state index is 11.0. The Morgan fingerprint density at radius 1 is 1.04 bits per heavy atom. The molecule has 140 valence electrons. The van der Waals surface area contributed by atoms with Gasteiger partial charge in [-0.2, -0.15) is 0 Å². The number of para-hydroxylation sites is 2. The summed E-state index contributed by atoms with van der Waals surface area (Å²) in [6.07, 6.45) is 2.42. The van der Waals surface area contributed by atoms with Crippen molar-refractivity contribution in [2.75, 3.05) is 32.2 Å². The summed E-state index contributed by atoms with van der Waals surface area (Å²) >= 11 is 0. The number of nitrogens with zero attached hydrogens (tertiary/aromatic N) is 1. The average molecular weight is 355 g/mol. The van der Waals surface area contributed by atoms with Crippen LogP contribution in [0.2, 0.25) is 0 Å². The Bertz CT molecular complexity index is 723. The number of hydrogen-bond acceptors (Lipinski definition) is 4. The third-order valence-electron chi connectivity index (χ3n) is 5.45. The van der Waals surface area contributed by atoms with Crippen LogP contribution in [0.3, 0.4) is 0 Å². The fourth-order valence-electron chi connectivity index (χ4n) is 3.97. The van der Waals surface area contributed by atoms with E-state index in [1.54, 1.807) is 14.2 Å². The largest absolute Gasteiger partial charge is 0.493 e. The molecule has 1 heterocycles. The summed E-state index contributed by atoms with van der Waals surface area (Å²) in [5.74, 6) is 1.53. The zero-order valence-corrected chi connectivity index (χ0v) is 15.9. The standard InChI is InChI=1S/C22H29NO3/c1-4-16-8-5-6-10-19(16)23-14-12-17(13-15-23)21(24)18-9-7-11-20(25-2)22(18)26-3/h5-11,17,21,24H,4,12-15H2,1-3H3. The first-order valence-electron chi connectivity index (χ1n) is 9.41. The molecule has 0 saturated carbocycles. The van der Waals surface area contributed by atoms with Gasteiger partial charge in [0, 0.05) is 24.3 Å². The molecule has 1 aliphatic rings. The van der Waals surface area contributed by atoms with Crippen LogP contribution in [-0.2, 0) is 6.42 Å². The van der Waals surface area contributed by atoms with Crippen LogP contribution in [0.5, 0.6) is 11.5 Å². The van der Waals surface area contributed by atoms with Crippen LogP contribution in [0, 0.1) is 5.92 Å². The van der Waals surface area contributed by atoms with Crippen molar-refractivity contribution in [3.8, 4) is 11.5 Å². The van der Waals surface area contributed by atoms with Gasteiger partial charge in [-0.3, -0.25) is 0 Å². The molecule has 4 heteroatoms. The minimum atomic E-state index is -0.538. The molecule has 1 unspecified atom stereocenters. The summed E-state index contributed by atoms with van der Waals surface area (Å²) in [4.78, 5) is 2.45. The molecule has 1 saturated heterocycles. The van der Waals surface area contributed by atoms with Gasteiger partial charge in [0.05, 0.1) is 20.3 Å². The lowest BCUT2D eigenvalue weighted by molar-refractivity contribution is 0.0899. The molecule has 0 spiro atoms. The molecule has 26 heavy (non-hydrogen) atoms. The highest BCUT2D eigenvalue weighted by molar-refractivity contribution is 5.54. The summed E-state index contributed by atoms with van der Waals surface area (Å²) in [5, 5.41) is 11.0. The summed E-state index contributed by atoms with van der Waals surface area (Å²) in [6, 6.07) is 14.3. The number of ether oxygens (including phenoxy) is 2. The van der Waals surface area contributed by atoms with Crippen molar-refractivity contribution in [2.24, 2.45) is 5.92 Å². The lowest BCUT2D eigenvalue weighted by Gasteiger charge is -2.37. The quantitative estimate of drug-likeness (QED) is 0.842. The topological polar surface area (TPSA) is 41.9 Å². The Balaban J connectivity index is 1.72. The number of rotatable bonds is 6. The van der Waals surface area contributed by atoms with E-state index in [9.17, 15) is 5.11 Å². The second-order valence-corrected chi connectivity index (χ2v) is 6.83. The van der Waals surface area contributed by atoms with E-state index in [0.717, 1.165) is 37.9 Å². The van der Waals surface area contributed by atoms with E-state index in [4.69, 9.17) is 9.47 Å². The first-order chi connectivity index (χ1) is 12.7. The van der Waals surface area contributed by atoms with Crippen LogP contribution in [0.15, 0.2) is 42.5 Å². The molecule has 2 aromatic rings. The first-order valence-corrected chi connectivity index (χ1v) is 9.41. The minimum absolute atomic E-state index is 0.223. The maximum Gasteiger partial charge on any atom is 0.166 e. The third-order valence-corrected chi connectivity index (χ3v) is 5.45. The zero-order valence-electron chi connectivity index (χ0n) is 15.9. The van der Waals surface area contributed by atoms with E-state index in [2.05, 4.69) is 36.1 Å². The predicted octanol–water partition coefficient (Wildman–Crippen LogP) is 4.22. The van der Waals surface area contributed by atoms with Crippen molar-refractivity contribution in [3.05, 3.63) is 53.6 Å². The smallest absolute Gasteiger partial charge is 0.166 e. The molecule has 0 aromatic heterocycles. The first kappa shape index (κ1) is 18.6. The molecule has 0 amide bonds. The van der Waals surface area contributed by atoms with Crippen LogP contribution >= 0.6 is 0 Å². The van der Waals surface area contributed by atoms with E-state index in [0.29, 0.717) is 11.5 Å². The zero-order chi connectivity index (χ0) is 18.5. The Morgan fingerprint density at radius 2 is 1.77 bits per heavy atom. The number of hydrogen-bond donors (Lipinski definition) is 1. The molecule has 4 nitrogen and oxygen atoms in total. The van der Waals surface area contributed by atoms with Crippen LogP contribution < -0.4 is 14.4 Å². The molecule has 2 aromatic carbocycles. The van der Waals surface area contributed by atoms with Gasteiger partial charge in [0.1, 0.15) is 0 Å². The van der Waals surface area contributed by atoms with Crippen molar-refractivity contribution in [1.29, 1.82) is 0 Å². The Kier molecular flexibility index (Phi) is 6.04. The molecule has 0 aliphatic carbocycles. The molecule has 0 bridgehead atoms. The van der Waals surface area contributed by atoms with Gasteiger partial charge < -0.3 is 19.5 Å². The molecule has 0 radical (unpaired) electrons. The van der Waals surface area contributed by atoms with Gasteiger partial charge in [-0.25, -0.2) is 0 Å². The SMILES string of the molecule is CCc1ccccc1N1CCC(C(O)c2cccc(OC)c2OC)CC1. The fraction of sp³-hybridized carbons (Fsp3) is 0.455. The third kappa shape index (κ3) is 3.65. The van der Waals surface area contributed by atoms with Crippen molar-refractivity contribution >= 4 is 5.69 Å². The second kappa shape index (κ2) is 8.45. The van der Waals surface area contributed by atoms with Crippen molar-refractivity contribution < 1.29 is 14.6 Å². The van der Waals surface area contributed by atoms with Crippen LogP contribution in [-0.4, -0.2) is 32.4 Å². The summed E-state index contributed by atoms with van der Waals surface area (Å²) in [7, 11) is 3.25. The number of piperidine rings is 1. The van der Waals surface area contributed by atoms with Gasteiger partial charge in [-0.15, -0.1) is 0 Å². The molecule has 1 atom stereocenters. The van der Waals surface area contributed by atoms with E-state index in [1.165, 1.54) is 11.3 Å². The van der Waals surface area contributed by atoms with Crippen LogP contribution in [0.4, 0.5) is 5.69 Å². The van der Waals surface area contributed by atoms with E-state index in [-0.39, 0.29) is 5.92 Å². The highest BCUT2D eigenvalue weighted by Crippen LogP contribution is 2.40. The summed E-state index contributed by atoms with van der Waals surface area (Å²) in [6.45, 7) is 4.13. The normalized spacial score (nSPS) is 16.4. The lowest BCUT2D eigenvalue weighted by atomic mass is 9.86. The van der Waals surface area contributed by atoms with Crippen LogP contribution in [0.25, 0.3) is 0 Å². The van der Waals surface area contributed by atoms with Gasteiger partial charge in [-0.05, 0) is 42.9 Å². The number of methoxy groups -OCH3 is 2. The number of aliphatic hydroxyl groups is 1. The van der Waals surface area contributed by atoms with E-state index >= 15 is 0 Å². The van der Waals surface area contributed by atoms with Crippen LogP contribution in [0.1, 0.15) is 37.0 Å². The molecular weight excluding hydrogens is 326 g/mol. The van der Waals surface area contributed by atoms with Gasteiger partial charge in [-0.1, -0.05) is 37.3 Å². The van der Waals surface area contributed by atoms with E-state index in [1.807, 2.05) is 18.2 Å². The van der Waals surface area contributed by atoms with Crippen molar-refractivity contribution in [2.45, 2.75) is 32.3 Å². The molecule has 1 aliphatic heterocycles. The molecule has 1 fully saturated rings. The Labute approximate surface area is 156 Å². The van der Waals surface area contributed by atoms with E-state index < -0.39 is 6.10 Å². The molecule has 1 N–H and O–H groups in total. The highest BCUT2D eigenvalue weighted by Gasteiger charge is 2.29. The fourth-order valence-corrected chi connectivity index (χ4v) is 3.97. The maximum absolute atomic E-state index is 11.0. The van der Waals surface area contributed by atoms with Gasteiger partial charge in [0.25, 0.3) is 0 Å². The van der Waals surface area contributed by atoms with Crippen molar-refractivity contribution in [1.82, 2.24) is 0 Å². The van der Waals surface area contributed by atoms with Gasteiger partial charge in [0.15, 0.2) is 11.5 Å². The Hall–Kier alpha value is -2.20. The summed E-state index contributed by atoms with van der Waals surface area (Å²) < 4.78 is 10.9. The number of anilines is 1. The molecule has 3 rings (SSSR count). The molecular formula is C22H29NO3. The minimum Gasteiger partial charge on any atom is -0.493 e. The number of aryl methyl sites for hydroxylation is 1. The predicted molar refractivity (Wildman–Crippen MR) is 105 cm³/mol. The second-order valence-electron chi connectivity index (χ2n) is 6.83. The number of aliphatic hydroxyl groups excluding tert-OH is 1.